The zero-order valence-electron chi connectivity index (χ0n) is 20.9. The fourth-order valence-corrected chi connectivity index (χ4v) is 5.76. The van der Waals surface area contributed by atoms with Crippen LogP contribution < -0.4 is 4.90 Å². The molecule has 36 heavy (non-hydrogen) atoms. The molecular weight excluding hydrogens is 450 g/mol. The molecule has 2 atom stereocenters. The summed E-state index contributed by atoms with van der Waals surface area (Å²) >= 11 is 0. The average Bonchev–Trinajstić information content (AvgIpc) is 3.78. The Hall–Kier alpha value is -3.24. The predicted molar refractivity (Wildman–Crippen MR) is 138 cm³/mol. The van der Waals surface area contributed by atoms with E-state index in [4.69, 9.17) is 9.72 Å². The van der Waals surface area contributed by atoms with Crippen LogP contribution in [0.1, 0.15) is 67.0 Å². The Bertz CT molecular complexity index is 1240. The lowest BCUT2D eigenvalue weighted by Crippen LogP contribution is -2.57. The lowest BCUT2D eigenvalue weighted by Gasteiger charge is -2.43. The maximum Gasteiger partial charge on any atom is 0.225 e. The number of ether oxygens (including phenoxy) is 1. The summed E-state index contributed by atoms with van der Waals surface area (Å²) in [4.78, 5) is 27.1. The molecule has 0 spiro atoms. The molecule has 0 unspecified atom stereocenters. The molecule has 2 aromatic heterocycles. The minimum atomic E-state index is 0.0910. The molecule has 6 rings (SSSR count). The maximum atomic E-state index is 13.1. The summed E-state index contributed by atoms with van der Waals surface area (Å²) in [5, 5.41) is 10.3. The van der Waals surface area contributed by atoms with Crippen molar-refractivity contribution in [2.75, 3.05) is 31.1 Å². The molecule has 0 bridgehead atoms. The third-order valence-electron chi connectivity index (χ3n) is 8.21. The molecule has 0 radical (unpaired) electrons. The number of carbonyl (C=O) groups is 1. The van der Waals surface area contributed by atoms with Gasteiger partial charge in [-0.25, -0.2) is 4.98 Å². The lowest BCUT2D eigenvalue weighted by molar-refractivity contribution is -0.142. The van der Waals surface area contributed by atoms with Crippen molar-refractivity contribution < 1.29 is 9.53 Å². The molecule has 2 aliphatic heterocycles. The van der Waals surface area contributed by atoms with Crippen LogP contribution in [-0.2, 0) is 9.53 Å². The van der Waals surface area contributed by atoms with Gasteiger partial charge >= 0.3 is 0 Å². The van der Waals surface area contributed by atoms with Crippen LogP contribution in [0.2, 0.25) is 0 Å². The fraction of sp³-hybridized carbons (Fsp3) is 0.517. The van der Waals surface area contributed by atoms with Crippen LogP contribution in [0.4, 0.5) is 5.82 Å². The van der Waals surface area contributed by atoms with Crippen molar-refractivity contribution in [3.8, 4) is 17.2 Å². The quantitative estimate of drug-likeness (QED) is 0.579. The second-order valence-electron chi connectivity index (χ2n) is 10.7. The molecule has 4 aliphatic rings. The van der Waals surface area contributed by atoms with E-state index in [0.717, 1.165) is 66.3 Å². The van der Waals surface area contributed by atoms with Gasteiger partial charge in [0.2, 0.25) is 5.91 Å². The van der Waals surface area contributed by atoms with Crippen LogP contribution in [0.3, 0.4) is 0 Å². The molecule has 1 amide bonds. The van der Waals surface area contributed by atoms with Gasteiger partial charge in [-0.1, -0.05) is 6.58 Å². The van der Waals surface area contributed by atoms with E-state index in [1.807, 2.05) is 12.1 Å². The minimum Gasteiger partial charge on any atom is -0.377 e. The number of rotatable bonds is 7. The van der Waals surface area contributed by atoms with E-state index in [2.05, 4.69) is 34.4 Å². The second kappa shape index (κ2) is 9.33. The molecule has 7 heteroatoms. The van der Waals surface area contributed by atoms with Crippen molar-refractivity contribution in [3.05, 3.63) is 47.4 Å². The highest BCUT2D eigenvalue weighted by molar-refractivity contribution is 5.79. The summed E-state index contributed by atoms with van der Waals surface area (Å²) in [7, 11) is 0. The smallest absolute Gasteiger partial charge is 0.225 e. The Balaban J connectivity index is 1.34. The van der Waals surface area contributed by atoms with Crippen LogP contribution in [0.15, 0.2) is 24.9 Å². The number of hydrogen-bond acceptors (Lipinski definition) is 6. The third kappa shape index (κ3) is 4.28. The normalized spacial score (nSPS) is 23.7. The van der Waals surface area contributed by atoms with Crippen LogP contribution in [0.25, 0.3) is 17.2 Å². The minimum absolute atomic E-state index is 0.0910. The zero-order chi connectivity index (χ0) is 24.8. The van der Waals surface area contributed by atoms with Gasteiger partial charge in [-0.15, -0.1) is 0 Å². The molecule has 2 saturated carbocycles. The van der Waals surface area contributed by atoms with E-state index < -0.39 is 0 Å². The SMILES string of the molecule is C=Cc1cc(-c2c(C3CC3)nc(N3CCN(C(=O)C[C@H]4CCO4)[C@H](C4CC4)C3)c(C#N)c2C)ccn1. The van der Waals surface area contributed by atoms with Gasteiger partial charge in [-0.2, -0.15) is 5.26 Å². The first-order valence-corrected chi connectivity index (χ1v) is 13.3. The first kappa shape index (κ1) is 23.2. The summed E-state index contributed by atoms with van der Waals surface area (Å²) in [6, 6.07) is 6.70. The zero-order valence-corrected chi connectivity index (χ0v) is 20.9. The van der Waals surface area contributed by atoms with E-state index >= 15 is 0 Å². The first-order valence-electron chi connectivity index (χ1n) is 13.3. The molecule has 2 aliphatic carbocycles. The van der Waals surface area contributed by atoms with Crippen LogP contribution in [-0.4, -0.2) is 59.2 Å². The number of aromatic nitrogens is 2. The molecule has 186 valence electrons. The fourth-order valence-electron chi connectivity index (χ4n) is 5.76. The van der Waals surface area contributed by atoms with Gasteiger partial charge < -0.3 is 14.5 Å². The van der Waals surface area contributed by atoms with Crippen molar-refractivity contribution in [1.29, 1.82) is 5.26 Å². The molecule has 2 aromatic rings. The third-order valence-corrected chi connectivity index (χ3v) is 8.21. The Labute approximate surface area is 212 Å². The van der Waals surface area contributed by atoms with Gasteiger partial charge in [0.05, 0.1) is 35.5 Å². The van der Waals surface area contributed by atoms with E-state index in [1.165, 1.54) is 12.8 Å². The summed E-state index contributed by atoms with van der Waals surface area (Å²) in [6.07, 6.45) is 9.69. The van der Waals surface area contributed by atoms with Crippen LogP contribution >= 0.6 is 0 Å². The molecule has 4 heterocycles. The molecule has 0 aromatic carbocycles. The Kier molecular flexibility index (Phi) is 6.00. The van der Waals surface area contributed by atoms with Gasteiger partial charge in [-0.3, -0.25) is 9.78 Å². The number of carbonyl (C=O) groups excluding carboxylic acids is 1. The monoisotopic (exact) mass is 483 g/mol. The van der Waals surface area contributed by atoms with E-state index in [1.54, 1.807) is 12.3 Å². The largest absolute Gasteiger partial charge is 0.377 e. The highest BCUT2D eigenvalue weighted by Gasteiger charge is 2.42. The molecule has 2 saturated heterocycles. The highest BCUT2D eigenvalue weighted by Crippen LogP contribution is 2.47. The van der Waals surface area contributed by atoms with Crippen molar-refractivity contribution in [1.82, 2.24) is 14.9 Å². The molecule has 0 N–H and O–H groups in total. The van der Waals surface area contributed by atoms with E-state index in [0.29, 0.717) is 36.9 Å². The topological polar surface area (TPSA) is 82.4 Å². The van der Waals surface area contributed by atoms with Crippen molar-refractivity contribution in [3.63, 3.8) is 0 Å². The van der Waals surface area contributed by atoms with Crippen LogP contribution in [0.5, 0.6) is 0 Å². The number of nitriles is 1. The summed E-state index contributed by atoms with van der Waals surface area (Å²) in [5.74, 6) is 1.97. The van der Waals surface area contributed by atoms with Crippen molar-refractivity contribution in [2.24, 2.45) is 5.92 Å². The van der Waals surface area contributed by atoms with Crippen molar-refractivity contribution in [2.45, 2.75) is 63.5 Å². The van der Waals surface area contributed by atoms with Crippen molar-refractivity contribution >= 4 is 17.8 Å². The number of amides is 1. The standard InChI is InChI=1S/C29H33N5O2/c1-3-22-14-21(8-10-31-22)27-18(2)24(16-30)29(32-28(27)20-6-7-20)33-11-12-34(25(17-33)19-4-5-19)26(35)15-23-9-13-36-23/h3,8,10,14,19-20,23,25H,1,4-7,9,11-13,15,17H2,2H3/t23-,25+/m1/s1. The first-order chi connectivity index (χ1) is 17.6. The van der Waals surface area contributed by atoms with E-state index in [9.17, 15) is 10.1 Å². The average molecular weight is 484 g/mol. The number of anilines is 1. The number of pyridine rings is 2. The Morgan fingerprint density at radius 2 is 2.08 bits per heavy atom. The molecule has 7 nitrogen and oxygen atoms in total. The van der Waals surface area contributed by atoms with Gasteiger partial charge in [0.15, 0.2) is 0 Å². The number of hydrogen-bond donors (Lipinski definition) is 0. The summed E-state index contributed by atoms with van der Waals surface area (Å²) < 4.78 is 5.53. The van der Waals surface area contributed by atoms with Crippen LogP contribution in [0, 0.1) is 24.2 Å². The summed E-state index contributed by atoms with van der Waals surface area (Å²) in [6.45, 7) is 8.79. The molecular formula is C29H33N5O2. The maximum absolute atomic E-state index is 13.1. The van der Waals surface area contributed by atoms with Gasteiger partial charge in [0.1, 0.15) is 11.9 Å². The second-order valence-corrected chi connectivity index (χ2v) is 10.7. The highest BCUT2D eigenvalue weighted by atomic mass is 16.5. The van der Waals surface area contributed by atoms with Gasteiger partial charge in [0, 0.05) is 43.9 Å². The lowest BCUT2D eigenvalue weighted by atomic mass is 9.93. The predicted octanol–water partition coefficient (Wildman–Crippen LogP) is 4.45. The summed E-state index contributed by atoms with van der Waals surface area (Å²) in [5.41, 5.74) is 5.64. The number of piperazine rings is 1. The number of nitrogens with zero attached hydrogens (tertiary/aromatic N) is 5. The van der Waals surface area contributed by atoms with Gasteiger partial charge in [-0.05, 0) is 74.3 Å². The molecule has 4 fully saturated rings. The van der Waals surface area contributed by atoms with E-state index in [-0.39, 0.29) is 18.1 Å². The Morgan fingerprint density at radius 1 is 1.28 bits per heavy atom. The van der Waals surface area contributed by atoms with Gasteiger partial charge in [0.25, 0.3) is 0 Å². The Morgan fingerprint density at radius 3 is 2.72 bits per heavy atom.